The zero-order valence-electron chi connectivity index (χ0n) is 15.4. The van der Waals surface area contributed by atoms with Crippen LogP contribution in [0, 0.1) is 6.92 Å². The molecule has 2 aromatic carbocycles. The maximum absolute atomic E-state index is 12.4. The first-order valence-corrected chi connectivity index (χ1v) is 9.84. The van der Waals surface area contributed by atoms with Crippen LogP contribution in [-0.4, -0.2) is 27.1 Å². The van der Waals surface area contributed by atoms with Gasteiger partial charge in [0.25, 0.3) is 5.91 Å². The summed E-state index contributed by atoms with van der Waals surface area (Å²) < 4.78 is 5.99. The maximum Gasteiger partial charge on any atom is 0.266 e. The minimum atomic E-state index is -1.34. The van der Waals surface area contributed by atoms with E-state index in [1.54, 1.807) is 6.08 Å². The number of aryl methyl sites for hydroxylation is 1. The second-order valence-electron chi connectivity index (χ2n) is 6.39. The van der Waals surface area contributed by atoms with Crippen LogP contribution in [-0.2, 0) is 16.2 Å². The van der Waals surface area contributed by atoms with Crippen LogP contribution in [0.5, 0.6) is 5.75 Å². The molecule has 0 bridgehead atoms. The van der Waals surface area contributed by atoms with Gasteiger partial charge in [0.15, 0.2) is 0 Å². The number of thioether (sulfide) groups is 1. The molecule has 0 aliphatic carbocycles. The van der Waals surface area contributed by atoms with Gasteiger partial charge in [0.2, 0.25) is 0 Å². The highest BCUT2D eigenvalue weighted by molar-refractivity contribution is 8.26. The Morgan fingerprint density at radius 1 is 1.21 bits per heavy atom. The van der Waals surface area contributed by atoms with Gasteiger partial charge >= 0.3 is 0 Å². The molecule has 0 N–H and O–H groups in total. The van der Waals surface area contributed by atoms with E-state index in [1.807, 2.05) is 55.5 Å². The monoisotopic (exact) mass is 412 g/mol. The summed E-state index contributed by atoms with van der Waals surface area (Å²) in [5.41, 5.74) is 3.08. The number of aliphatic carboxylic acids is 1. The summed E-state index contributed by atoms with van der Waals surface area (Å²) in [7, 11) is 0. The topological polar surface area (TPSA) is 69.7 Å². The average Bonchev–Trinajstić information content (AvgIpc) is 2.95. The molecule has 1 aliphatic heterocycles. The zero-order chi connectivity index (χ0) is 20.3. The molecule has 7 heteroatoms. The van der Waals surface area contributed by atoms with Crippen LogP contribution in [0.1, 0.15) is 23.6 Å². The van der Waals surface area contributed by atoms with E-state index < -0.39 is 17.9 Å². The Kier molecular flexibility index (Phi) is 6.16. The quantitative estimate of drug-likeness (QED) is 0.537. The number of carbonyl (C=O) groups excluding carboxylic acids is 2. The molecule has 0 radical (unpaired) electrons. The summed E-state index contributed by atoms with van der Waals surface area (Å²) in [5.74, 6) is -1.05. The van der Waals surface area contributed by atoms with E-state index in [1.165, 1.54) is 12.5 Å². The Bertz CT molecular complexity index is 936. The summed E-state index contributed by atoms with van der Waals surface area (Å²) in [4.78, 5) is 25.0. The van der Waals surface area contributed by atoms with Crippen LogP contribution in [0.3, 0.4) is 0 Å². The van der Waals surface area contributed by atoms with Gasteiger partial charge in [-0.25, -0.2) is 0 Å². The summed E-state index contributed by atoms with van der Waals surface area (Å²) >= 11 is 6.21. The number of thiocarbonyl (C=S) groups is 1. The van der Waals surface area contributed by atoms with Crippen molar-refractivity contribution in [3.63, 3.8) is 0 Å². The molecular formula is C21H18NO4S2-. The average molecular weight is 413 g/mol. The largest absolute Gasteiger partial charge is 0.548 e. The van der Waals surface area contributed by atoms with Gasteiger partial charge in [-0.15, -0.1) is 0 Å². The number of rotatable bonds is 6. The molecule has 1 aliphatic rings. The molecule has 1 atom stereocenters. The van der Waals surface area contributed by atoms with Gasteiger partial charge in [-0.05, 0) is 43.2 Å². The molecule has 1 amide bonds. The molecule has 2 aromatic rings. The predicted molar refractivity (Wildman–Crippen MR) is 111 cm³/mol. The second-order valence-corrected chi connectivity index (χ2v) is 8.07. The Morgan fingerprint density at radius 3 is 2.46 bits per heavy atom. The number of carboxylic acids is 1. The van der Waals surface area contributed by atoms with Crippen molar-refractivity contribution in [2.45, 2.75) is 26.5 Å². The van der Waals surface area contributed by atoms with E-state index in [9.17, 15) is 14.7 Å². The lowest BCUT2D eigenvalue weighted by Crippen LogP contribution is -2.48. The molecule has 1 fully saturated rings. The van der Waals surface area contributed by atoms with Crippen LogP contribution in [0.2, 0.25) is 0 Å². The Morgan fingerprint density at radius 2 is 1.86 bits per heavy atom. The Balaban J connectivity index is 1.66. The molecule has 3 rings (SSSR count). The minimum absolute atomic E-state index is 0.214. The first kappa shape index (κ1) is 20.1. The fourth-order valence-electron chi connectivity index (χ4n) is 2.58. The number of carboxylic acid groups (broad SMARTS) is 1. The van der Waals surface area contributed by atoms with Crippen LogP contribution >= 0.6 is 24.0 Å². The summed E-state index contributed by atoms with van der Waals surface area (Å²) in [6.45, 7) is 3.89. The van der Waals surface area contributed by atoms with E-state index in [0.29, 0.717) is 11.5 Å². The fourth-order valence-corrected chi connectivity index (χ4v) is 4.00. The number of hydrogen-bond acceptors (Lipinski definition) is 6. The van der Waals surface area contributed by atoms with Crippen molar-refractivity contribution in [3.8, 4) is 5.75 Å². The first-order chi connectivity index (χ1) is 13.3. The number of carbonyl (C=O) groups is 2. The van der Waals surface area contributed by atoms with Gasteiger partial charge in [-0.2, -0.15) is 0 Å². The van der Waals surface area contributed by atoms with E-state index in [0.717, 1.165) is 33.5 Å². The number of hydrogen-bond donors (Lipinski definition) is 0. The third-order valence-electron chi connectivity index (χ3n) is 4.26. The second kappa shape index (κ2) is 8.58. The highest BCUT2D eigenvalue weighted by atomic mass is 32.2. The predicted octanol–water partition coefficient (Wildman–Crippen LogP) is 2.91. The molecule has 144 valence electrons. The van der Waals surface area contributed by atoms with Gasteiger partial charge < -0.3 is 14.6 Å². The molecule has 1 heterocycles. The van der Waals surface area contributed by atoms with Gasteiger partial charge in [0, 0.05) is 0 Å². The SMILES string of the molecule is Cc1ccc(COc2ccc(/C=C3\SC(=S)N([C@@H](C)C(=O)[O-])C3=O)cc2)cc1. The number of amides is 1. The van der Waals surface area contributed by atoms with Gasteiger partial charge in [0.1, 0.15) is 16.7 Å². The zero-order valence-corrected chi connectivity index (χ0v) is 17.0. The van der Waals surface area contributed by atoms with Crippen LogP contribution in [0.25, 0.3) is 6.08 Å². The van der Waals surface area contributed by atoms with Crippen molar-refractivity contribution in [2.24, 2.45) is 0 Å². The first-order valence-electron chi connectivity index (χ1n) is 8.61. The van der Waals surface area contributed by atoms with Gasteiger partial charge in [-0.3, -0.25) is 9.69 Å². The lowest BCUT2D eigenvalue weighted by Gasteiger charge is -2.23. The molecular weight excluding hydrogens is 394 g/mol. The van der Waals surface area contributed by atoms with Crippen molar-refractivity contribution in [1.82, 2.24) is 4.90 Å². The van der Waals surface area contributed by atoms with Crippen LogP contribution in [0.4, 0.5) is 0 Å². The van der Waals surface area contributed by atoms with Crippen molar-refractivity contribution in [3.05, 3.63) is 70.1 Å². The standard InChI is InChI=1S/C21H19NO4S2/c1-13-3-5-16(6-4-13)12-26-17-9-7-15(8-10-17)11-18-19(23)22(21(27)28-18)14(2)20(24)25/h3-11,14H,12H2,1-2H3,(H,24,25)/p-1/b18-11-/t14-/m0/s1. The molecule has 1 saturated heterocycles. The van der Waals surface area contributed by atoms with E-state index in [-0.39, 0.29) is 4.32 Å². The molecule has 0 unspecified atom stereocenters. The smallest absolute Gasteiger partial charge is 0.266 e. The normalized spacial score (nSPS) is 16.5. The fraction of sp³-hybridized carbons (Fsp3) is 0.190. The van der Waals surface area contributed by atoms with Gasteiger partial charge in [-0.1, -0.05) is 65.9 Å². The maximum atomic E-state index is 12.4. The number of ether oxygens (including phenoxy) is 1. The molecule has 28 heavy (non-hydrogen) atoms. The van der Waals surface area contributed by atoms with Gasteiger partial charge in [0.05, 0.1) is 16.9 Å². The number of benzene rings is 2. The van der Waals surface area contributed by atoms with Crippen molar-refractivity contribution < 1.29 is 19.4 Å². The highest BCUT2D eigenvalue weighted by Crippen LogP contribution is 2.34. The molecule has 0 spiro atoms. The van der Waals surface area contributed by atoms with Crippen molar-refractivity contribution in [1.29, 1.82) is 0 Å². The Hall–Kier alpha value is -2.64. The lowest BCUT2D eigenvalue weighted by atomic mass is 10.1. The summed E-state index contributed by atoms with van der Waals surface area (Å²) in [6, 6.07) is 14.3. The van der Waals surface area contributed by atoms with E-state index in [2.05, 4.69) is 0 Å². The minimum Gasteiger partial charge on any atom is -0.548 e. The van der Waals surface area contributed by atoms with Crippen LogP contribution < -0.4 is 9.84 Å². The molecule has 0 aromatic heterocycles. The number of nitrogens with zero attached hydrogens (tertiary/aromatic N) is 1. The summed E-state index contributed by atoms with van der Waals surface area (Å²) in [6.07, 6.45) is 1.69. The van der Waals surface area contributed by atoms with Crippen LogP contribution in [0.15, 0.2) is 53.4 Å². The van der Waals surface area contributed by atoms with Crippen molar-refractivity contribution >= 4 is 46.3 Å². The lowest BCUT2D eigenvalue weighted by molar-refractivity contribution is -0.309. The molecule has 0 saturated carbocycles. The third-order valence-corrected chi connectivity index (χ3v) is 5.59. The highest BCUT2D eigenvalue weighted by Gasteiger charge is 2.35. The Labute approximate surface area is 173 Å². The van der Waals surface area contributed by atoms with E-state index in [4.69, 9.17) is 17.0 Å². The summed E-state index contributed by atoms with van der Waals surface area (Å²) in [5, 5.41) is 11.1. The third kappa shape index (κ3) is 4.61. The van der Waals surface area contributed by atoms with Crippen molar-refractivity contribution in [2.75, 3.05) is 0 Å². The van der Waals surface area contributed by atoms with E-state index >= 15 is 0 Å². The molecule has 5 nitrogen and oxygen atoms in total.